The van der Waals surface area contributed by atoms with E-state index in [0.717, 1.165) is 16.6 Å². The first-order valence-corrected chi connectivity index (χ1v) is 3.82. The summed E-state index contributed by atoms with van der Waals surface area (Å²) in [7, 11) is 1.95. The van der Waals surface area contributed by atoms with Crippen LogP contribution in [0.15, 0.2) is 24.5 Å². The lowest BCUT2D eigenvalue weighted by atomic mass is 10.2. The molecule has 0 saturated heterocycles. The van der Waals surface area contributed by atoms with Gasteiger partial charge in [0, 0.05) is 24.8 Å². The standard InChI is InChI=1S/C9H10N2O/c1-11-3-2-8-4-7(6-12)5-10-9(8)11/h2-5,12H,6H2,1H3. The third-order valence-electron chi connectivity index (χ3n) is 1.95. The van der Waals surface area contributed by atoms with Gasteiger partial charge in [0.1, 0.15) is 5.65 Å². The molecule has 1 N–H and O–H groups in total. The van der Waals surface area contributed by atoms with E-state index in [9.17, 15) is 0 Å². The SMILES string of the molecule is Cn1ccc2cc(CO)cnc21. The molecular formula is C9H10N2O. The number of aromatic nitrogens is 2. The lowest BCUT2D eigenvalue weighted by Gasteiger charge is -1.96. The molecule has 62 valence electrons. The van der Waals surface area contributed by atoms with Gasteiger partial charge in [-0.25, -0.2) is 4.98 Å². The number of rotatable bonds is 1. The maximum atomic E-state index is 8.86. The summed E-state index contributed by atoms with van der Waals surface area (Å²) < 4.78 is 1.95. The predicted octanol–water partition coefficient (Wildman–Crippen LogP) is 1.07. The molecule has 2 aromatic heterocycles. The van der Waals surface area contributed by atoms with Crippen molar-refractivity contribution in [1.29, 1.82) is 0 Å². The molecule has 2 aromatic rings. The smallest absolute Gasteiger partial charge is 0.139 e. The van der Waals surface area contributed by atoms with E-state index in [4.69, 9.17) is 5.11 Å². The van der Waals surface area contributed by atoms with Gasteiger partial charge in [0.05, 0.1) is 6.61 Å². The topological polar surface area (TPSA) is 38.0 Å². The second-order valence-electron chi connectivity index (χ2n) is 2.84. The van der Waals surface area contributed by atoms with Crippen molar-refractivity contribution in [1.82, 2.24) is 9.55 Å². The van der Waals surface area contributed by atoms with E-state index >= 15 is 0 Å². The molecule has 0 aromatic carbocycles. The molecule has 2 heterocycles. The van der Waals surface area contributed by atoms with Crippen molar-refractivity contribution in [3.8, 4) is 0 Å². The molecule has 2 rings (SSSR count). The molecule has 3 nitrogen and oxygen atoms in total. The van der Waals surface area contributed by atoms with E-state index in [1.165, 1.54) is 0 Å². The number of aryl methyl sites for hydroxylation is 1. The summed E-state index contributed by atoms with van der Waals surface area (Å²) in [6, 6.07) is 3.93. The minimum Gasteiger partial charge on any atom is -0.392 e. The first kappa shape index (κ1) is 7.31. The fourth-order valence-electron chi connectivity index (χ4n) is 1.29. The highest BCUT2D eigenvalue weighted by Gasteiger charge is 1.99. The fourth-order valence-corrected chi connectivity index (χ4v) is 1.29. The zero-order valence-electron chi connectivity index (χ0n) is 6.86. The number of nitrogens with zero attached hydrogens (tertiary/aromatic N) is 2. The van der Waals surface area contributed by atoms with Gasteiger partial charge in [-0.1, -0.05) is 0 Å². The van der Waals surface area contributed by atoms with E-state index < -0.39 is 0 Å². The summed E-state index contributed by atoms with van der Waals surface area (Å²) in [5, 5.41) is 9.93. The van der Waals surface area contributed by atoms with Gasteiger partial charge in [-0.3, -0.25) is 0 Å². The van der Waals surface area contributed by atoms with Crippen molar-refractivity contribution in [2.75, 3.05) is 0 Å². The molecule has 0 saturated carbocycles. The summed E-state index contributed by atoms with van der Waals surface area (Å²) in [4.78, 5) is 4.21. The fraction of sp³-hybridized carbons (Fsp3) is 0.222. The number of pyridine rings is 1. The lowest BCUT2D eigenvalue weighted by Crippen LogP contribution is -1.89. The van der Waals surface area contributed by atoms with E-state index in [1.807, 2.05) is 29.9 Å². The van der Waals surface area contributed by atoms with Crippen molar-refractivity contribution in [3.05, 3.63) is 30.1 Å². The van der Waals surface area contributed by atoms with Crippen molar-refractivity contribution < 1.29 is 5.11 Å². The molecule has 0 radical (unpaired) electrons. The molecular weight excluding hydrogens is 152 g/mol. The average molecular weight is 162 g/mol. The Labute approximate surface area is 70.3 Å². The quantitative estimate of drug-likeness (QED) is 0.681. The van der Waals surface area contributed by atoms with Crippen LogP contribution in [0.1, 0.15) is 5.56 Å². The van der Waals surface area contributed by atoms with Crippen LogP contribution in [0.5, 0.6) is 0 Å². The zero-order chi connectivity index (χ0) is 8.55. The Balaban J connectivity index is 2.69. The summed E-state index contributed by atoms with van der Waals surface area (Å²) >= 11 is 0. The van der Waals surface area contributed by atoms with Gasteiger partial charge in [-0.15, -0.1) is 0 Å². The van der Waals surface area contributed by atoms with Gasteiger partial charge in [0.25, 0.3) is 0 Å². The predicted molar refractivity (Wildman–Crippen MR) is 46.6 cm³/mol. The van der Waals surface area contributed by atoms with Gasteiger partial charge in [-0.05, 0) is 17.7 Å². The monoisotopic (exact) mass is 162 g/mol. The Morgan fingerprint density at radius 3 is 3.17 bits per heavy atom. The van der Waals surface area contributed by atoms with Crippen molar-refractivity contribution >= 4 is 11.0 Å². The molecule has 0 aliphatic heterocycles. The summed E-state index contributed by atoms with van der Waals surface area (Å²) in [5.74, 6) is 0. The Morgan fingerprint density at radius 1 is 1.58 bits per heavy atom. The lowest BCUT2D eigenvalue weighted by molar-refractivity contribution is 0.281. The zero-order valence-corrected chi connectivity index (χ0v) is 6.86. The normalized spacial score (nSPS) is 10.8. The first-order chi connectivity index (χ1) is 5.81. The van der Waals surface area contributed by atoms with Crippen LogP contribution in [0, 0.1) is 0 Å². The number of hydrogen-bond donors (Lipinski definition) is 1. The number of aliphatic hydroxyl groups excluding tert-OH is 1. The largest absolute Gasteiger partial charge is 0.392 e. The molecule has 0 amide bonds. The summed E-state index contributed by atoms with van der Waals surface area (Å²) in [5.41, 5.74) is 1.81. The van der Waals surface area contributed by atoms with Gasteiger partial charge in [-0.2, -0.15) is 0 Å². The van der Waals surface area contributed by atoms with Crippen molar-refractivity contribution in [2.45, 2.75) is 6.61 Å². The minimum atomic E-state index is 0.0534. The molecule has 0 unspecified atom stereocenters. The molecule has 0 bridgehead atoms. The Kier molecular flexibility index (Phi) is 1.59. The van der Waals surface area contributed by atoms with Gasteiger partial charge < -0.3 is 9.67 Å². The highest BCUT2D eigenvalue weighted by Crippen LogP contribution is 2.13. The highest BCUT2D eigenvalue weighted by atomic mass is 16.3. The summed E-state index contributed by atoms with van der Waals surface area (Å²) in [6.07, 6.45) is 3.65. The number of aliphatic hydroxyl groups is 1. The molecule has 0 spiro atoms. The number of hydrogen-bond acceptors (Lipinski definition) is 2. The Bertz CT molecular complexity index is 406. The second-order valence-corrected chi connectivity index (χ2v) is 2.84. The van der Waals surface area contributed by atoms with Crippen molar-refractivity contribution in [2.24, 2.45) is 7.05 Å². The highest BCUT2D eigenvalue weighted by molar-refractivity contribution is 5.76. The van der Waals surface area contributed by atoms with E-state index in [2.05, 4.69) is 4.98 Å². The van der Waals surface area contributed by atoms with Crippen LogP contribution in [0.3, 0.4) is 0 Å². The minimum absolute atomic E-state index is 0.0534. The van der Waals surface area contributed by atoms with Crippen LogP contribution in [-0.4, -0.2) is 14.7 Å². The van der Waals surface area contributed by atoms with Crippen molar-refractivity contribution in [3.63, 3.8) is 0 Å². The third kappa shape index (κ3) is 0.987. The molecule has 0 fully saturated rings. The maximum absolute atomic E-state index is 8.86. The molecule has 0 aliphatic rings. The number of fused-ring (bicyclic) bond motifs is 1. The van der Waals surface area contributed by atoms with Crippen LogP contribution >= 0.6 is 0 Å². The van der Waals surface area contributed by atoms with Gasteiger partial charge in [0.15, 0.2) is 0 Å². The van der Waals surface area contributed by atoms with Crippen LogP contribution < -0.4 is 0 Å². The third-order valence-corrected chi connectivity index (χ3v) is 1.95. The van der Waals surface area contributed by atoms with E-state index in [-0.39, 0.29) is 6.61 Å². The van der Waals surface area contributed by atoms with E-state index in [0.29, 0.717) is 0 Å². The van der Waals surface area contributed by atoms with Gasteiger partial charge >= 0.3 is 0 Å². The van der Waals surface area contributed by atoms with Crippen LogP contribution in [0.2, 0.25) is 0 Å². The van der Waals surface area contributed by atoms with E-state index in [1.54, 1.807) is 6.20 Å². The first-order valence-electron chi connectivity index (χ1n) is 3.82. The Hall–Kier alpha value is -1.35. The molecule has 12 heavy (non-hydrogen) atoms. The summed E-state index contributed by atoms with van der Waals surface area (Å²) in [6.45, 7) is 0.0534. The second kappa shape index (κ2) is 2.60. The van der Waals surface area contributed by atoms with Crippen LogP contribution in [0.25, 0.3) is 11.0 Å². The van der Waals surface area contributed by atoms with Crippen LogP contribution in [-0.2, 0) is 13.7 Å². The van der Waals surface area contributed by atoms with Gasteiger partial charge in [0.2, 0.25) is 0 Å². The molecule has 0 atom stereocenters. The maximum Gasteiger partial charge on any atom is 0.139 e. The average Bonchev–Trinajstić information content (AvgIpc) is 2.47. The molecule has 3 heteroatoms. The Morgan fingerprint density at radius 2 is 2.42 bits per heavy atom. The molecule has 0 aliphatic carbocycles. The van der Waals surface area contributed by atoms with Crippen LogP contribution in [0.4, 0.5) is 0 Å².